The largest absolute Gasteiger partial charge is 0.325 e. The summed E-state index contributed by atoms with van der Waals surface area (Å²) in [6.45, 7) is 3.99. The molecule has 0 aliphatic heterocycles. The molecule has 3 aromatic carbocycles. The van der Waals surface area contributed by atoms with Crippen LogP contribution in [0.15, 0.2) is 88.8 Å². The Labute approximate surface area is 202 Å². The summed E-state index contributed by atoms with van der Waals surface area (Å²) in [5, 5.41) is 3.33. The lowest BCUT2D eigenvalue weighted by atomic mass is 10.1. The number of aromatic nitrogens is 2. The summed E-state index contributed by atoms with van der Waals surface area (Å²) < 4.78 is 1.65. The first kappa shape index (κ1) is 23.4. The normalized spacial score (nSPS) is 11.8. The van der Waals surface area contributed by atoms with Crippen molar-refractivity contribution in [3.8, 4) is 0 Å². The van der Waals surface area contributed by atoms with E-state index in [1.165, 1.54) is 18.7 Å². The van der Waals surface area contributed by atoms with Gasteiger partial charge in [0, 0.05) is 17.8 Å². The van der Waals surface area contributed by atoms with Crippen LogP contribution in [0.4, 0.5) is 5.69 Å². The summed E-state index contributed by atoms with van der Waals surface area (Å²) in [5.41, 5.74) is 2.34. The van der Waals surface area contributed by atoms with Crippen LogP contribution in [-0.2, 0) is 11.3 Å². The number of amides is 1. The molecule has 0 bridgehead atoms. The lowest BCUT2D eigenvalue weighted by Gasteiger charge is -2.19. The Morgan fingerprint density at radius 3 is 2.47 bits per heavy atom. The second-order valence-corrected chi connectivity index (χ2v) is 8.98. The van der Waals surface area contributed by atoms with Gasteiger partial charge in [-0.3, -0.25) is 19.0 Å². The number of carbonyl (C=O) groups is 2. The third-order valence-electron chi connectivity index (χ3n) is 5.37. The highest BCUT2D eigenvalue weighted by Crippen LogP contribution is 2.35. The zero-order valence-corrected chi connectivity index (χ0v) is 19.8. The van der Waals surface area contributed by atoms with Crippen molar-refractivity contribution in [3.63, 3.8) is 0 Å². The third-order valence-corrected chi connectivity index (χ3v) is 6.62. The maximum Gasteiger partial charge on any atom is 0.262 e. The summed E-state index contributed by atoms with van der Waals surface area (Å²) in [4.78, 5) is 43.2. The number of hydrogen-bond acceptors (Lipinski definition) is 5. The lowest BCUT2D eigenvalue weighted by Crippen LogP contribution is -2.25. The van der Waals surface area contributed by atoms with E-state index in [2.05, 4.69) is 5.32 Å². The molecule has 7 heteroatoms. The fraction of sp³-hybridized carbons (Fsp3) is 0.185. The molecule has 4 rings (SSSR count). The van der Waals surface area contributed by atoms with E-state index >= 15 is 0 Å². The van der Waals surface area contributed by atoms with Crippen molar-refractivity contribution in [2.24, 2.45) is 0 Å². The maximum atomic E-state index is 13.5. The van der Waals surface area contributed by atoms with Crippen LogP contribution in [0.3, 0.4) is 0 Å². The predicted molar refractivity (Wildman–Crippen MR) is 136 cm³/mol. The van der Waals surface area contributed by atoms with Crippen LogP contribution in [0.25, 0.3) is 10.9 Å². The second kappa shape index (κ2) is 10.5. The molecule has 34 heavy (non-hydrogen) atoms. The molecule has 1 heterocycles. The smallest absolute Gasteiger partial charge is 0.262 e. The van der Waals surface area contributed by atoms with Gasteiger partial charge in [0.25, 0.3) is 5.56 Å². The number of nitrogens with one attached hydrogen (secondary N) is 1. The minimum atomic E-state index is -0.654. The van der Waals surface area contributed by atoms with Crippen molar-refractivity contribution in [2.75, 3.05) is 5.32 Å². The number of rotatable bonds is 8. The van der Waals surface area contributed by atoms with Crippen LogP contribution < -0.4 is 10.9 Å². The molecule has 172 valence electrons. The molecule has 0 aliphatic rings. The summed E-state index contributed by atoms with van der Waals surface area (Å²) >= 11 is 1.25. The fourth-order valence-corrected chi connectivity index (χ4v) is 4.81. The van der Waals surface area contributed by atoms with E-state index in [0.717, 1.165) is 12.0 Å². The Bertz CT molecular complexity index is 1400. The van der Waals surface area contributed by atoms with Gasteiger partial charge in [0.15, 0.2) is 10.9 Å². The number of nitrogens with zero attached hydrogens (tertiary/aromatic N) is 2. The molecule has 6 nitrogen and oxygen atoms in total. The van der Waals surface area contributed by atoms with Crippen LogP contribution in [-0.4, -0.2) is 21.2 Å². The molecule has 4 aromatic rings. The molecular formula is C27H25N3O3S. The fourth-order valence-electron chi connectivity index (χ4n) is 3.69. The average molecular weight is 472 g/mol. The van der Waals surface area contributed by atoms with E-state index < -0.39 is 5.25 Å². The molecule has 0 saturated heterocycles. The van der Waals surface area contributed by atoms with Gasteiger partial charge >= 0.3 is 0 Å². The Kier molecular flexibility index (Phi) is 7.23. The van der Waals surface area contributed by atoms with Gasteiger partial charge < -0.3 is 5.32 Å². The third kappa shape index (κ3) is 5.10. The van der Waals surface area contributed by atoms with Crippen molar-refractivity contribution in [1.82, 2.24) is 9.55 Å². The summed E-state index contributed by atoms with van der Waals surface area (Å²) in [6.07, 6.45) is 0.757. The van der Waals surface area contributed by atoms with Gasteiger partial charge in [-0.1, -0.05) is 73.3 Å². The molecule has 1 aromatic heterocycles. The van der Waals surface area contributed by atoms with Gasteiger partial charge in [0.1, 0.15) is 5.25 Å². The number of anilines is 1. The van der Waals surface area contributed by atoms with Crippen molar-refractivity contribution < 1.29 is 9.59 Å². The summed E-state index contributed by atoms with van der Waals surface area (Å²) in [7, 11) is 0. The molecule has 1 amide bonds. The molecule has 0 fully saturated rings. The Hall–Kier alpha value is -3.71. The number of thioether (sulfide) groups is 1. The van der Waals surface area contributed by atoms with Crippen molar-refractivity contribution in [3.05, 3.63) is 100 Å². The number of para-hydroxylation sites is 1. The summed E-state index contributed by atoms with van der Waals surface area (Å²) in [5.74, 6) is -0.337. The van der Waals surface area contributed by atoms with E-state index in [1.54, 1.807) is 34.9 Å². The van der Waals surface area contributed by atoms with Gasteiger partial charge in [-0.15, -0.1) is 0 Å². The van der Waals surface area contributed by atoms with E-state index in [-0.39, 0.29) is 17.2 Å². The van der Waals surface area contributed by atoms with Crippen LogP contribution in [0.1, 0.15) is 41.4 Å². The molecule has 0 saturated carbocycles. The highest BCUT2D eigenvalue weighted by Gasteiger charge is 2.25. The highest BCUT2D eigenvalue weighted by molar-refractivity contribution is 8.00. The Balaban J connectivity index is 1.74. The van der Waals surface area contributed by atoms with Crippen molar-refractivity contribution in [1.29, 1.82) is 0 Å². The van der Waals surface area contributed by atoms with Gasteiger partial charge in [0.2, 0.25) is 5.91 Å². The van der Waals surface area contributed by atoms with Gasteiger partial charge in [-0.05, 0) is 43.2 Å². The molecule has 1 N–H and O–H groups in total. The minimum absolute atomic E-state index is 0.0750. The van der Waals surface area contributed by atoms with E-state index in [0.29, 0.717) is 33.9 Å². The number of fused-ring (bicyclic) bond motifs is 1. The van der Waals surface area contributed by atoms with Crippen molar-refractivity contribution in [2.45, 2.75) is 37.2 Å². The second-order valence-electron chi connectivity index (χ2n) is 7.90. The van der Waals surface area contributed by atoms with Crippen LogP contribution in [0.2, 0.25) is 0 Å². The topological polar surface area (TPSA) is 81.1 Å². The molecule has 0 aliphatic carbocycles. The van der Waals surface area contributed by atoms with Gasteiger partial charge in [0.05, 0.1) is 10.9 Å². The molecule has 1 unspecified atom stereocenters. The van der Waals surface area contributed by atoms with Crippen LogP contribution in [0.5, 0.6) is 0 Å². The van der Waals surface area contributed by atoms with Crippen LogP contribution >= 0.6 is 11.8 Å². The Morgan fingerprint density at radius 1 is 1.00 bits per heavy atom. The SMILES string of the molecule is CCCn1c(SC(C(=O)Nc2cccc(C(C)=O)c2)c2ccccc2)nc2ccccc2c1=O. The number of benzene rings is 3. The molecule has 0 spiro atoms. The molecule has 1 atom stereocenters. The first-order valence-electron chi connectivity index (χ1n) is 11.1. The van der Waals surface area contributed by atoms with Gasteiger partial charge in [-0.25, -0.2) is 4.98 Å². The zero-order chi connectivity index (χ0) is 24.1. The average Bonchev–Trinajstić information content (AvgIpc) is 2.85. The molecule has 0 radical (unpaired) electrons. The van der Waals surface area contributed by atoms with E-state index in [9.17, 15) is 14.4 Å². The van der Waals surface area contributed by atoms with Crippen LogP contribution in [0, 0.1) is 0 Å². The Morgan fingerprint density at radius 2 is 1.74 bits per heavy atom. The molecular weight excluding hydrogens is 446 g/mol. The number of hydrogen-bond donors (Lipinski definition) is 1. The zero-order valence-electron chi connectivity index (χ0n) is 19.0. The number of Topliss-reactive ketones (excluding diaryl/α,β-unsaturated/α-hetero) is 1. The first-order valence-corrected chi connectivity index (χ1v) is 12.0. The lowest BCUT2D eigenvalue weighted by molar-refractivity contribution is -0.115. The highest BCUT2D eigenvalue weighted by atomic mass is 32.2. The maximum absolute atomic E-state index is 13.5. The summed E-state index contributed by atoms with van der Waals surface area (Å²) in [6, 6.07) is 23.5. The number of carbonyl (C=O) groups excluding carboxylic acids is 2. The van der Waals surface area contributed by atoms with Gasteiger partial charge in [-0.2, -0.15) is 0 Å². The first-order chi connectivity index (χ1) is 16.5. The van der Waals surface area contributed by atoms with Crippen molar-refractivity contribution >= 4 is 40.0 Å². The number of ketones is 1. The standard InChI is InChI=1S/C27H25N3O3S/c1-3-16-30-26(33)22-14-7-8-15-23(22)29-27(30)34-24(19-10-5-4-6-11-19)25(32)28-21-13-9-12-20(17-21)18(2)31/h4-15,17,24H,3,16H2,1-2H3,(H,28,32). The predicted octanol–water partition coefficient (Wildman–Crippen LogP) is 5.48. The minimum Gasteiger partial charge on any atom is -0.325 e. The van der Waals surface area contributed by atoms with E-state index in [1.807, 2.05) is 55.5 Å². The van der Waals surface area contributed by atoms with E-state index in [4.69, 9.17) is 4.98 Å². The quantitative estimate of drug-likeness (QED) is 0.209. The monoisotopic (exact) mass is 471 g/mol.